The third kappa shape index (κ3) is 3.34. The van der Waals surface area contributed by atoms with Gasteiger partial charge in [-0.05, 0) is 38.1 Å². The average Bonchev–Trinajstić information content (AvgIpc) is 2.51. The fourth-order valence-corrected chi connectivity index (χ4v) is 1.95. The van der Waals surface area contributed by atoms with E-state index in [9.17, 15) is 9.18 Å². The monoisotopic (exact) mass is 288 g/mol. The van der Waals surface area contributed by atoms with Crippen molar-refractivity contribution in [3.8, 4) is 0 Å². The Kier molecular flexibility index (Phi) is 4.81. The van der Waals surface area contributed by atoms with Crippen LogP contribution in [-0.2, 0) is 0 Å². The van der Waals surface area contributed by atoms with Crippen LogP contribution in [0, 0.1) is 5.82 Å². The maximum atomic E-state index is 13.8. The first kappa shape index (κ1) is 14.9. The van der Waals surface area contributed by atoms with Crippen molar-refractivity contribution in [2.75, 3.05) is 23.3 Å². The van der Waals surface area contributed by atoms with E-state index in [1.165, 1.54) is 11.0 Å². The van der Waals surface area contributed by atoms with Crippen LogP contribution in [0.5, 0.6) is 0 Å². The van der Waals surface area contributed by atoms with E-state index in [0.29, 0.717) is 12.4 Å². The van der Waals surface area contributed by atoms with Gasteiger partial charge in [0.25, 0.3) is 5.91 Å². The molecule has 0 spiro atoms. The molecule has 1 aromatic carbocycles. The molecule has 110 valence electrons. The second kappa shape index (κ2) is 6.78. The highest BCUT2D eigenvalue weighted by Crippen LogP contribution is 2.20. The predicted octanol–water partition coefficient (Wildman–Crippen LogP) is 2.71. The maximum absolute atomic E-state index is 13.8. The van der Waals surface area contributed by atoms with Gasteiger partial charge in [-0.1, -0.05) is 12.1 Å². The number of carbonyl (C=O) groups is 1. The molecule has 0 aliphatic rings. The number of amides is 1. The molecule has 0 radical (unpaired) electrons. The Bertz CT molecular complexity index is 615. The van der Waals surface area contributed by atoms with Crippen LogP contribution in [0.3, 0.4) is 0 Å². The number of rotatable bonds is 5. The number of nitrogens with one attached hydrogen (secondary N) is 1. The van der Waals surface area contributed by atoms with Crippen molar-refractivity contribution in [1.82, 2.24) is 10.2 Å². The van der Waals surface area contributed by atoms with E-state index in [0.717, 1.165) is 6.54 Å². The highest BCUT2D eigenvalue weighted by Gasteiger charge is 2.20. The molecule has 1 aromatic heterocycles. The third-order valence-corrected chi connectivity index (χ3v) is 2.95. The molecule has 2 rings (SSSR count). The van der Waals surface area contributed by atoms with E-state index >= 15 is 0 Å². The van der Waals surface area contributed by atoms with Crippen LogP contribution in [-0.4, -0.2) is 29.2 Å². The van der Waals surface area contributed by atoms with Gasteiger partial charge in [0.15, 0.2) is 5.69 Å². The minimum Gasteiger partial charge on any atom is -0.369 e. The van der Waals surface area contributed by atoms with Gasteiger partial charge >= 0.3 is 0 Å². The number of halogens is 1. The Balaban J connectivity index is 2.26. The Morgan fingerprint density at radius 2 is 1.95 bits per heavy atom. The molecule has 0 aliphatic carbocycles. The summed E-state index contributed by atoms with van der Waals surface area (Å²) >= 11 is 0. The molecule has 1 heterocycles. The standard InChI is InChI=1S/C15H17FN4O/c1-3-17-14-10-9-12(18-19-14)15(21)20(4-2)13-8-6-5-7-11(13)16/h5-10H,3-4H2,1-2H3,(H,17,19). The maximum Gasteiger partial charge on any atom is 0.278 e. The largest absolute Gasteiger partial charge is 0.369 e. The van der Waals surface area contributed by atoms with Crippen LogP contribution in [0.25, 0.3) is 0 Å². The van der Waals surface area contributed by atoms with Gasteiger partial charge in [-0.2, -0.15) is 0 Å². The number of para-hydroxylation sites is 1. The summed E-state index contributed by atoms with van der Waals surface area (Å²) in [5, 5.41) is 10.8. The molecule has 0 fully saturated rings. The molecule has 5 nitrogen and oxygen atoms in total. The molecule has 0 saturated carbocycles. The lowest BCUT2D eigenvalue weighted by molar-refractivity contribution is 0.0981. The molecule has 0 unspecified atom stereocenters. The summed E-state index contributed by atoms with van der Waals surface area (Å²) in [6.07, 6.45) is 0. The number of benzene rings is 1. The van der Waals surface area contributed by atoms with Crippen molar-refractivity contribution in [3.05, 3.63) is 47.9 Å². The molecule has 1 amide bonds. The first-order valence-corrected chi connectivity index (χ1v) is 6.81. The quantitative estimate of drug-likeness (QED) is 0.919. The summed E-state index contributed by atoms with van der Waals surface area (Å²) in [5.41, 5.74) is 0.421. The van der Waals surface area contributed by atoms with Gasteiger partial charge in [0.2, 0.25) is 0 Å². The smallest absolute Gasteiger partial charge is 0.278 e. The van der Waals surface area contributed by atoms with Crippen LogP contribution in [0.4, 0.5) is 15.9 Å². The zero-order chi connectivity index (χ0) is 15.2. The first-order chi connectivity index (χ1) is 10.2. The number of carbonyl (C=O) groups excluding carboxylic acids is 1. The zero-order valence-electron chi connectivity index (χ0n) is 12.0. The van der Waals surface area contributed by atoms with E-state index in [2.05, 4.69) is 15.5 Å². The average molecular weight is 288 g/mol. The third-order valence-electron chi connectivity index (χ3n) is 2.95. The van der Waals surface area contributed by atoms with Crippen LogP contribution >= 0.6 is 0 Å². The molecule has 0 bridgehead atoms. The highest BCUT2D eigenvalue weighted by atomic mass is 19.1. The van der Waals surface area contributed by atoms with Crippen LogP contribution in [0.1, 0.15) is 24.3 Å². The minimum atomic E-state index is -0.440. The van der Waals surface area contributed by atoms with Gasteiger partial charge < -0.3 is 10.2 Å². The summed E-state index contributed by atoms with van der Waals surface area (Å²) in [4.78, 5) is 13.8. The fourth-order valence-electron chi connectivity index (χ4n) is 1.95. The Hall–Kier alpha value is -2.50. The van der Waals surface area contributed by atoms with E-state index < -0.39 is 5.82 Å². The molecule has 1 N–H and O–H groups in total. The van der Waals surface area contributed by atoms with Crippen molar-refractivity contribution >= 4 is 17.4 Å². The molecule has 6 heteroatoms. The number of aromatic nitrogens is 2. The lowest BCUT2D eigenvalue weighted by Gasteiger charge is -2.20. The number of hydrogen-bond donors (Lipinski definition) is 1. The second-order valence-electron chi connectivity index (χ2n) is 4.33. The van der Waals surface area contributed by atoms with Gasteiger partial charge in [0.1, 0.15) is 11.6 Å². The normalized spacial score (nSPS) is 10.2. The molecule has 0 atom stereocenters. The summed E-state index contributed by atoms with van der Waals surface area (Å²) in [6, 6.07) is 9.43. The molecule has 2 aromatic rings. The minimum absolute atomic E-state index is 0.182. The zero-order valence-corrected chi connectivity index (χ0v) is 12.0. The van der Waals surface area contributed by atoms with E-state index in [4.69, 9.17) is 0 Å². The van der Waals surface area contributed by atoms with Gasteiger partial charge in [-0.3, -0.25) is 4.79 Å². The van der Waals surface area contributed by atoms with Crippen LogP contribution < -0.4 is 10.2 Å². The molecule has 21 heavy (non-hydrogen) atoms. The Labute approximate surface area is 122 Å². The lowest BCUT2D eigenvalue weighted by atomic mass is 10.2. The van der Waals surface area contributed by atoms with Crippen LogP contribution in [0.2, 0.25) is 0 Å². The number of hydrogen-bond acceptors (Lipinski definition) is 4. The lowest BCUT2D eigenvalue weighted by Crippen LogP contribution is -2.32. The highest BCUT2D eigenvalue weighted by molar-refractivity contribution is 6.04. The summed E-state index contributed by atoms with van der Waals surface area (Å²) in [7, 11) is 0. The Morgan fingerprint density at radius 3 is 2.52 bits per heavy atom. The summed E-state index contributed by atoms with van der Waals surface area (Å²) < 4.78 is 13.8. The molecular weight excluding hydrogens is 271 g/mol. The fraction of sp³-hybridized carbons (Fsp3) is 0.267. The second-order valence-corrected chi connectivity index (χ2v) is 4.33. The van der Waals surface area contributed by atoms with Gasteiger partial charge in [0.05, 0.1) is 5.69 Å². The topological polar surface area (TPSA) is 58.1 Å². The van der Waals surface area contributed by atoms with Crippen molar-refractivity contribution in [1.29, 1.82) is 0 Å². The summed E-state index contributed by atoms with van der Waals surface area (Å²) in [5.74, 6) is -0.217. The van der Waals surface area contributed by atoms with Gasteiger partial charge in [-0.25, -0.2) is 4.39 Å². The molecule has 0 aliphatic heterocycles. The van der Waals surface area contributed by atoms with Gasteiger partial charge in [0, 0.05) is 13.1 Å². The van der Waals surface area contributed by atoms with E-state index in [1.807, 2.05) is 6.92 Å². The number of anilines is 2. The first-order valence-electron chi connectivity index (χ1n) is 6.81. The van der Waals surface area contributed by atoms with Crippen molar-refractivity contribution in [2.45, 2.75) is 13.8 Å². The molecule has 0 saturated heterocycles. The SMILES string of the molecule is CCNc1ccc(C(=O)N(CC)c2ccccc2F)nn1. The van der Waals surface area contributed by atoms with Crippen molar-refractivity contribution < 1.29 is 9.18 Å². The molecular formula is C15H17FN4O. The van der Waals surface area contributed by atoms with Gasteiger partial charge in [-0.15, -0.1) is 10.2 Å². The van der Waals surface area contributed by atoms with Crippen LogP contribution in [0.15, 0.2) is 36.4 Å². The van der Waals surface area contributed by atoms with Crippen molar-refractivity contribution in [2.24, 2.45) is 0 Å². The van der Waals surface area contributed by atoms with E-state index in [1.54, 1.807) is 37.3 Å². The predicted molar refractivity (Wildman–Crippen MR) is 79.9 cm³/mol. The summed E-state index contributed by atoms with van der Waals surface area (Å²) in [6.45, 7) is 4.79. The Morgan fingerprint density at radius 1 is 1.19 bits per heavy atom. The van der Waals surface area contributed by atoms with Crippen molar-refractivity contribution in [3.63, 3.8) is 0 Å². The van der Waals surface area contributed by atoms with E-state index in [-0.39, 0.29) is 17.3 Å². The number of nitrogens with zero attached hydrogens (tertiary/aromatic N) is 3.